The van der Waals surface area contributed by atoms with Crippen molar-refractivity contribution in [3.63, 3.8) is 0 Å². The first-order chi connectivity index (χ1) is 14.0. The maximum absolute atomic E-state index is 12.9. The Hall–Kier alpha value is -2.75. The number of anilines is 1. The van der Waals surface area contributed by atoms with Gasteiger partial charge in [0.1, 0.15) is 16.4 Å². The summed E-state index contributed by atoms with van der Waals surface area (Å²) in [5.41, 5.74) is 0.371. The molecule has 0 saturated carbocycles. The van der Waals surface area contributed by atoms with Crippen LogP contribution in [0.4, 0.5) is 5.69 Å². The zero-order valence-corrected chi connectivity index (χ0v) is 18.3. The maximum atomic E-state index is 12.9. The molecule has 0 spiro atoms. The molecule has 0 aliphatic carbocycles. The van der Waals surface area contributed by atoms with Crippen molar-refractivity contribution in [2.45, 2.75) is 21.6 Å². The summed E-state index contributed by atoms with van der Waals surface area (Å²) in [6, 6.07) is 13.4. The van der Waals surface area contributed by atoms with Crippen molar-refractivity contribution in [1.82, 2.24) is 0 Å². The maximum Gasteiger partial charge on any atom is 0.261 e. The van der Waals surface area contributed by atoms with Gasteiger partial charge < -0.3 is 9.84 Å². The standard InChI is InChI=1S/C20H18ClNO6S2/c1-13-11-19(23)20(29(24,25)16-7-3-14(21)4-8-16)12-18(13)22-30(26,27)17-9-5-15(28-2)6-10-17/h3-12,22-23H,1-2H3. The number of hydrogen-bond acceptors (Lipinski definition) is 6. The van der Waals surface area contributed by atoms with Crippen molar-refractivity contribution in [1.29, 1.82) is 0 Å². The lowest BCUT2D eigenvalue weighted by Gasteiger charge is -2.14. The lowest BCUT2D eigenvalue weighted by Crippen LogP contribution is -2.14. The van der Waals surface area contributed by atoms with Crippen LogP contribution < -0.4 is 9.46 Å². The van der Waals surface area contributed by atoms with Crippen molar-refractivity contribution in [2.24, 2.45) is 0 Å². The Morgan fingerprint density at radius 3 is 2.03 bits per heavy atom. The van der Waals surface area contributed by atoms with E-state index in [-0.39, 0.29) is 15.5 Å². The quantitative estimate of drug-likeness (QED) is 0.530. The van der Waals surface area contributed by atoms with E-state index in [0.29, 0.717) is 16.3 Å². The van der Waals surface area contributed by atoms with Crippen LogP contribution in [0.25, 0.3) is 0 Å². The number of phenols is 1. The lowest BCUT2D eigenvalue weighted by molar-refractivity contribution is 0.414. The number of methoxy groups -OCH3 is 1. The summed E-state index contributed by atoms with van der Waals surface area (Å²) in [7, 11) is -6.66. The molecule has 0 heterocycles. The van der Waals surface area contributed by atoms with Crippen LogP contribution in [0.5, 0.6) is 11.5 Å². The zero-order valence-electron chi connectivity index (χ0n) is 16.0. The lowest BCUT2D eigenvalue weighted by atomic mass is 10.2. The monoisotopic (exact) mass is 467 g/mol. The molecule has 0 saturated heterocycles. The van der Waals surface area contributed by atoms with Gasteiger partial charge in [-0.15, -0.1) is 0 Å². The van der Waals surface area contributed by atoms with Gasteiger partial charge in [0.15, 0.2) is 0 Å². The molecule has 0 radical (unpaired) electrons. The number of hydrogen-bond donors (Lipinski definition) is 2. The van der Waals surface area contributed by atoms with E-state index in [9.17, 15) is 21.9 Å². The highest BCUT2D eigenvalue weighted by molar-refractivity contribution is 7.93. The molecule has 0 aliphatic heterocycles. The fraction of sp³-hybridized carbons (Fsp3) is 0.100. The minimum atomic E-state index is -4.11. The van der Waals surface area contributed by atoms with Gasteiger partial charge in [0.25, 0.3) is 10.0 Å². The van der Waals surface area contributed by atoms with Gasteiger partial charge in [-0.05, 0) is 73.2 Å². The minimum absolute atomic E-state index is 0.0242. The Labute approximate surface area is 179 Å². The second kappa shape index (κ2) is 8.17. The van der Waals surface area contributed by atoms with Crippen LogP contribution >= 0.6 is 11.6 Å². The molecule has 2 N–H and O–H groups in total. The third kappa shape index (κ3) is 4.38. The predicted molar refractivity (Wildman–Crippen MR) is 114 cm³/mol. The molecule has 0 fully saturated rings. The van der Waals surface area contributed by atoms with Crippen LogP contribution in [0.15, 0.2) is 75.4 Å². The van der Waals surface area contributed by atoms with E-state index in [2.05, 4.69) is 4.72 Å². The SMILES string of the molecule is COc1ccc(S(=O)(=O)Nc2cc(S(=O)(=O)c3ccc(Cl)cc3)c(O)cc2C)cc1. The van der Waals surface area contributed by atoms with E-state index in [1.54, 1.807) is 6.92 Å². The fourth-order valence-electron chi connectivity index (χ4n) is 2.70. The number of phenolic OH excluding ortho intramolecular Hbond substituents is 1. The van der Waals surface area contributed by atoms with E-state index in [1.165, 1.54) is 61.7 Å². The Kier molecular flexibility index (Phi) is 5.98. The largest absolute Gasteiger partial charge is 0.507 e. The summed E-state index contributed by atoms with van der Waals surface area (Å²) >= 11 is 5.81. The first kappa shape index (κ1) is 21.9. The highest BCUT2D eigenvalue weighted by Gasteiger charge is 2.24. The summed E-state index contributed by atoms with van der Waals surface area (Å²) in [6.07, 6.45) is 0. The van der Waals surface area contributed by atoms with Gasteiger partial charge in [0.2, 0.25) is 9.84 Å². The van der Waals surface area contributed by atoms with E-state index in [1.807, 2.05) is 0 Å². The highest BCUT2D eigenvalue weighted by atomic mass is 35.5. The molecule has 0 unspecified atom stereocenters. The van der Waals surface area contributed by atoms with Gasteiger partial charge in [-0.2, -0.15) is 0 Å². The number of halogens is 1. The topological polar surface area (TPSA) is 110 Å². The van der Waals surface area contributed by atoms with E-state index in [4.69, 9.17) is 16.3 Å². The smallest absolute Gasteiger partial charge is 0.261 e. The minimum Gasteiger partial charge on any atom is -0.507 e. The normalized spacial score (nSPS) is 11.8. The number of sulfonamides is 1. The summed E-state index contributed by atoms with van der Waals surface area (Å²) in [6.45, 7) is 1.55. The number of aryl methyl sites for hydroxylation is 1. The summed E-state index contributed by atoms with van der Waals surface area (Å²) in [5.74, 6) is 0.000883. The molecule has 158 valence electrons. The van der Waals surface area contributed by atoms with Crippen LogP contribution in [0, 0.1) is 6.92 Å². The van der Waals surface area contributed by atoms with Gasteiger partial charge in [-0.3, -0.25) is 4.72 Å². The molecule has 7 nitrogen and oxygen atoms in total. The van der Waals surface area contributed by atoms with Gasteiger partial charge in [-0.25, -0.2) is 16.8 Å². The molecule has 0 aromatic heterocycles. The van der Waals surface area contributed by atoms with Crippen LogP contribution in [0.1, 0.15) is 5.56 Å². The molecular formula is C20H18ClNO6S2. The Morgan fingerprint density at radius 2 is 1.47 bits per heavy atom. The summed E-state index contributed by atoms with van der Waals surface area (Å²) < 4.78 is 58.7. The zero-order chi connectivity index (χ0) is 22.1. The Balaban J connectivity index is 2.03. The predicted octanol–water partition coefficient (Wildman–Crippen LogP) is 4.00. The number of benzene rings is 3. The van der Waals surface area contributed by atoms with E-state index in [0.717, 1.165) is 6.07 Å². The van der Waals surface area contributed by atoms with Gasteiger partial charge >= 0.3 is 0 Å². The second-order valence-electron chi connectivity index (χ2n) is 6.37. The van der Waals surface area contributed by atoms with E-state index < -0.39 is 30.5 Å². The van der Waals surface area contributed by atoms with Crippen LogP contribution in [0.2, 0.25) is 5.02 Å². The molecule has 0 bridgehead atoms. The van der Waals surface area contributed by atoms with Gasteiger partial charge in [0, 0.05) is 5.02 Å². The molecule has 0 aliphatic rings. The number of aromatic hydroxyl groups is 1. The molecule has 30 heavy (non-hydrogen) atoms. The van der Waals surface area contributed by atoms with Gasteiger partial charge in [0.05, 0.1) is 22.6 Å². The first-order valence-corrected chi connectivity index (χ1v) is 11.9. The van der Waals surface area contributed by atoms with Crippen molar-refractivity contribution >= 4 is 37.1 Å². The number of rotatable bonds is 6. The van der Waals surface area contributed by atoms with Crippen LogP contribution in [-0.2, 0) is 19.9 Å². The van der Waals surface area contributed by atoms with Crippen molar-refractivity contribution in [2.75, 3.05) is 11.8 Å². The second-order valence-corrected chi connectivity index (χ2v) is 10.4. The molecule has 0 amide bonds. The van der Waals surface area contributed by atoms with Crippen molar-refractivity contribution < 1.29 is 26.7 Å². The highest BCUT2D eigenvalue weighted by Crippen LogP contribution is 2.34. The van der Waals surface area contributed by atoms with Crippen LogP contribution in [-0.4, -0.2) is 29.1 Å². The number of nitrogens with one attached hydrogen (secondary N) is 1. The molecule has 3 aromatic carbocycles. The fourth-order valence-corrected chi connectivity index (χ4v) is 5.30. The average molecular weight is 468 g/mol. The molecule has 3 rings (SSSR count). The molecule has 3 aromatic rings. The molecule has 0 atom stereocenters. The van der Waals surface area contributed by atoms with E-state index >= 15 is 0 Å². The Bertz CT molecular complexity index is 1290. The third-order valence-corrected chi connectivity index (χ3v) is 7.77. The molecular weight excluding hydrogens is 450 g/mol. The molecule has 10 heteroatoms. The van der Waals surface area contributed by atoms with Gasteiger partial charge in [-0.1, -0.05) is 11.6 Å². The summed E-state index contributed by atoms with van der Waals surface area (Å²) in [4.78, 5) is -0.546. The van der Waals surface area contributed by atoms with Crippen molar-refractivity contribution in [3.8, 4) is 11.5 Å². The first-order valence-electron chi connectivity index (χ1n) is 8.56. The summed E-state index contributed by atoms with van der Waals surface area (Å²) in [5, 5.41) is 10.6. The average Bonchev–Trinajstić information content (AvgIpc) is 2.70. The van der Waals surface area contributed by atoms with Crippen molar-refractivity contribution in [3.05, 3.63) is 71.2 Å². The van der Waals surface area contributed by atoms with Crippen LogP contribution in [0.3, 0.4) is 0 Å². The number of ether oxygens (including phenoxy) is 1. The Morgan fingerprint density at radius 1 is 0.900 bits per heavy atom. The third-order valence-electron chi connectivity index (χ3n) is 4.33. The number of sulfone groups is 1.